The summed E-state index contributed by atoms with van der Waals surface area (Å²) in [5.41, 5.74) is 3.51. The van der Waals surface area contributed by atoms with E-state index in [0.29, 0.717) is 63.9 Å². The molecule has 0 saturated carbocycles. The Morgan fingerprint density at radius 2 is 1.60 bits per heavy atom. The highest BCUT2D eigenvalue weighted by molar-refractivity contribution is 7.70. The van der Waals surface area contributed by atoms with Crippen molar-refractivity contribution in [1.29, 1.82) is 0 Å². The zero-order valence-corrected chi connectivity index (χ0v) is 39.8. The molecule has 3 aromatic carbocycles. The number of unbranched alkanes of at least 4 members (excludes halogenated alkanes) is 3. The summed E-state index contributed by atoms with van der Waals surface area (Å²) in [7, 11) is -0.923. The van der Waals surface area contributed by atoms with Crippen LogP contribution < -0.4 is 36.2 Å². The summed E-state index contributed by atoms with van der Waals surface area (Å²) in [5, 5.41) is 13.1. The number of aromatic nitrogens is 2. The zero-order chi connectivity index (χ0) is 47.2. The first kappa shape index (κ1) is 47.5. The van der Waals surface area contributed by atoms with Crippen LogP contribution in [0, 0.1) is 0 Å². The minimum atomic E-state index is -2.56. The number of imide groups is 2. The van der Waals surface area contributed by atoms with Crippen molar-refractivity contribution in [2.75, 3.05) is 87.1 Å². The van der Waals surface area contributed by atoms with Crippen molar-refractivity contribution in [2.24, 2.45) is 0 Å². The highest BCUT2D eigenvalue weighted by Crippen LogP contribution is 2.39. The summed E-state index contributed by atoms with van der Waals surface area (Å²) in [6.07, 6.45) is 7.71. The summed E-state index contributed by atoms with van der Waals surface area (Å²) in [5.74, 6) is -0.516. The van der Waals surface area contributed by atoms with Crippen LogP contribution in [-0.4, -0.2) is 133 Å². The van der Waals surface area contributed by atoms with Crippen molar-refractivity contribution >= 4 is 88.1 Å². The number of piperidine rings is 2. The van der Waals surface area contributed by atoms with Crippen LogP contribution in [0.3, 0.4) is 0 Å². The molecule has 3 fully saturated rings. The third kappa shape index (κ3) is 10.9. The largest absolute Gasteiger partial charge is 0.494 e. The molecule has 1 aromatic heterocycles. The fourth-order valence-electron chi connectivity index (χ4n) is 9.42. The SMILES string of the molecule is COc1cc(N2CCC(N3CCN(C(=O)CCCCCCNc4cccc5c4C(=O)N(C4CCC(=O)NC4=O)C5=O)CC3)CC2)ccc1Nc1ncc(Cl)c(Nc2ccccc2P(C)(C)=O)n1. The van der Waals surface area contributed by atoms with E-state index in [0.717, 1.165) is 88.4 Å². The number of rotatable bonds is 17. The molecule has 0 bridgehead atoms. The lowest BCUT2D eigenvalue weighted by molar-refractivity contribution is -0.136. The monoisotopic (exact) mass is 952 g/mol. The molecule has 0 spiro atoms. The van der Waals surface area contributed by atoms with Crippen LogP contribution in [0.5, 0.6) is 5.75 Å². The van der Waals surface area contributed by atoms with Gasteiger partial charge in [0, 0.05) is 87.4 Å². The van der Waals surface area contributed by atoms with Crippen LogP contribution in [0.2, 0.25) is 5.02 Å². The number of methoxy groups -OCH3 is 1. The van der Waals surface area contributed by atoms with Gasteiger partial charge in [-0.15, -0.1) is 0 Å². The van der Waals surface area contributed by atoms with Gasteiger partial charge in [0.25, 0.3) is 11.8 Å². The second kappa shape index (κ2) is 20.9. The number of piperazine rings is 1. The van der Waals surface area contributed by atoms with Crippen LogP contribution in [0.25, 0.3) is 0 Å². The Balaban J connectivity index is 0.735. The molecule has 4 aromatic rings. The number of anilines is 6. The molecule has 4 N–H and O–H groups in total. The molecule has 4 aliphatic heterocycles. The fraction of sp³-hybridized carbons (Fsp3) is 0.438. The van der Waals surface area contributed by atoms with Crippen molar-refractivity contribution in [3.63, 3.8) is 0 Å². The van der Waals surface area contributed by atoms with E-state index in [-0.39, 0.29) is 29.9 Å². The summed E-state index contributed by atoms with van der Waals surface area (Å²) < 4.78 is 18.7. The number of para-hydroxylation sites is 1. The van der Waals surface area contributed by atoms with Gasteiger partial charge in [-0.25, -0.2) is 4.98 Å². The van der Waals surface area contributed by atoms with Gasteiger partial charge in [-0.2, -0.15) is 4.98 Å². The van der Waals surface area contributed by atoms with Gasteiger partial charge in [0.05, 0.1) is 35.8 Å². The van der Waals surface area contributed by atoms with Gasteiger partial charge in [0.1, 0.15) is 24.0 Å². The van der Waals surface area contributed by atoms with Crippen molar-refractivity contribution < 1.29 is 33.3 Å². The van der Waals surface area contributed by atoms with Gasteiger partial charge in [0.2, 0.25) is 23.7 Å². The summed E-state index contributed by atoms with van der Waals surface area (Å²) >= 11 is 6.48. The van der Waals surface area contributed by atoms with Gasteiger partial charge in [-0.05, 0) is 81.8 Å². The van der Waals surface area contributed by atoms with Crippen molar-refractivity contribution in [3.8, 4) is 5.75 Å². The summed E-state index contributed by atoms with van der Waals surface area (Å²) in [6.45, 7) is 9.06. The second-order valence-electron chi connectivity index (χ2n) is 17.8. The number of hydrogen-bond acceptors (Lipinski definition) is 14. The summed E-state index contributed by atoms with van der Waals surface area (Å²) in [6, 6.07) is 18.0. The average molecular weight is 953 g/mol. The molecular formula is C48H58ClN10O7P. The standard InChI is InChI=1S/C48H58ClN10O7P/c1-66-39-29-32(16-17-35(39)53-48-51-30-34(49)44(55-48)52-36-12-7-8-14-40(36)67(2,3)65)56-23-20-31(21-24-56)57-25-27-58(28-26-57)42(61)15-6-4-5-9-22-50-37-13-10-11-33-43(37)47(64)59(46(33)63)38-18-19-41(60)54-45(38)62/h7-8,10-14,16-17,29-31,38,50H,4-6,9,15,18-28H2,1-3H3,(H,54,60,62)(H2,51,52,53,55). The van der Waals surface area contributed by atoms with Crippen LogP contribution >= 0.6 is 18.7 Å². The lowest BCUT2D eigenvalue weighted by atomic mass is 10.0. The normalized spacial score (nSPS) is 18.2. The van der Waals surface area contributed by atoms with E-state index in [1.165, 1.54) is 6.20 Å². The zero-order valence-electron chi connectivity index (χ0n) is 38.2. The van der Waals surface area contributed by atoms with Gasteiger partial charge < -0.3 is 35.1 Å². The number of ether oxygens (including phenoxy) is 1. The Hall–Kier alpha value is -6.03. The lowest BCUT2D eigenvalue weighted by Gasteiger charge is -2.43. The first-order chi connectivity index (χ1) is 32.3. The van der Waals surface area contributed by atoms with Gasteiger partial charge in [0.15, 0.2) is 5.82 Å². The van der Waals surface area contributed by atoms with E-state index >= 15 is 0 Å². The third-order valence-corrected chi connectivity index (χ3v) is 14.9. The van der Waals surface area contributed by atoms with E-state index < -0.39 is 36.8 Å². The van der Waals surface area contributed by atoms with Gasteiger partial charge in [-0.3, -0.25) is 39.1 Å². The topological polar surface area (TPSA) is 199 Å². The number of carbonyl (C=O) groups is 5. The molecule has 8 rings (SSSR count). The van der Waals surface area contributed by atoms with Crippen molar-refractivity contribution in [3.05, 3.63) is 83.0 Å². The van der Waals surface area contributed by atoms with E-state index in [1.807, 2.05) is 41.3 Å². The Morgan fingerprint density at radius 3 is 2.34 bits per heavy atom. The predicted octanol–water partition coefficient (Wildman–Crippen LogP) is 6.45. The second-order valence-corrected chi connectivity index (χ2v) is 21.4. The van der Waals surface area contributed by atoms with E-state index in [4.69, 9.17) is 16.3 Å². The molecule has 1 atom stereocenters. The molecule has 19 heteroatoms. The molecule has 1 unspecified atom stereocenters. The minimum absolute atomic E-state index is 0.0720. The number of amides is 5. The van der Waals surface area contributed by atoms with Crippen LogP contribution in [0.15, 0.2) is 66.9 Å². The number of benzene rings is 3. The van der Waals surface area contributed by atoms with Crippen molar-refractivity contribution in [1.82, 2.24) is 30.0 Å². The molecular weight excluding hydrogens is 895 g/mol. The van der Waals surface area contributed by atoms with Gasteiger partial charge >= 0.3 is 0 Å². The number of hydrogen-bond donors (Lipinski definition) is 4. The van der Waals surface area contributed by atoms with Crippen LogP contribution in [0.1, 0.15) is 78.5 Å². The average Bonchev–Trinajstić information content (AvgIpc) is 3.58. The minimum Gasteiger partial charge on any atom is -0.494 e. The maximum Gasteiger partial charge on any atom is 0.264 e. The molecule has 4 aliphatic rings. The van der Waals surface area contributed by atoms with Crippen LogP contribution in [0.4, 0.5) is 34.5 Å². The third-order valence-electron chi connectivity index (χ3n) is 13.0. The first-order valence-corrected chi connectivity index (χ1v) is 26.0. The lowest BCUT2D eigenvalue weighted by Crippen LogP contribution is -2.54. The van der Waals surface area contributed by atoms with Crippen molar-refractivity contribution in [2.45, 2.75) is 69.9 Å². The van der Waals surface area contributed by atoms with E-state index in [9.17, 15) is 28.5 Å². The Bertz CT molecular complexity index is 2580. The smallest absolute Gasteiger partial charge is 0.264 e. The maximum atomic E-state index is 13.4. The van der Waals surface area contributed by atoms with E-state index in [2.05, 4.69) is 47.1 Å². The molecule has 0 aliphatic carbocycles. The number of carbonyl (C=O) groups excluding carboxylic acids is 5. The molecule has 3 saturated heterocycles. The van der Waals surface area contributed by atoms with E-state index in [1.54, 1.807) is 38.6 Å². The Kier molecular flexibility index (Phi) is 14.8. The van der Waals surface area contributed by atoms with Crippen LogP contribution in [-0.2, 0) is 18.9 Å². The number of fused-ring (bicyclic) bond motifs is 1. The Labute approximate surface area is 395 Å². The highest BCUT2D eigenvalue weighted by Gasteiger charge is 2.45. The number of halogens is 1. The number of nitrogens with zero attached hydrogens (tertiary/aromatic N) is 6. The molecule has 67 heavy (non-hydrogen) atoms. The fourth-order valence-corrected chi connectivity index (χ4v) is 10.7. The first-order valence-electron chi connectivity index (χ1n) is 23.0. The maximum absolute atomic E-state index is 13.4. The summed E-state index contributed by atoms with van der Waals surface area (Å²) in [4.78, 5) is 80.6. The quantitative estimate of drug-likeness (QED) is 0.0512. The molecule has 5 heterocycles. The molecule has 17 nitrogen and oxygen atoms in total. The molecule has 0 radical (unpaired) electrons. The molecule has 354 valence electrons. The number of nitrogens with one attached hydrogen (secondary N) is 4. The Morgan fingerprint density at radius 1 is 0.851 bits per heavy atom. The predicted molar refractivity (Wildman–Crippen MR) is 260 cm³/mol. The highest BCUT2D eigenvalue weighted by atomic mass is 35.5. The van der Waals surface area contributed by atoms with Gasteiger partial charge in [-0.1, -0.05) is 42.6 Å². The molecule has 5 amide bonds.